The summed E-state index contributed by atoms with van der Waals surface area (Å²) in [6, 6.07) is 18.2. The Morgan fingerprint density at radius 2 is 1.71 bits per heavy atom. The molecule has 28 heavy (non-hydrogen) atoms. The molecule has 0 radical (unpaired) electrons. The van der Waals surface area contributed by atoms with Gasteiger partial charge in [-0.1, -0.05) is 47.5 Å². The zero-order valence-corrected chi connectivity index (χ0v) is 15.8. The Labute approximate surface area is 170 Å². The van der Waals surface area contributed by atoms with Gasteiger partial charge in [-0.15, -0.1) is 0 Å². The molecule has 0 saturated carbocycles. The molecule has 0 atom stereocenters. The van der Waals surface area contributed by atoms with E-state index in [1.165, 1.54) is 6.07 Å². The molecule has 1 heterocycles. The first kappa shape index (κ1) is 18.3. The number of allylic oxidation sites excluding steroid dienone is 1. The first-order valence-corrected chi connectivity index (χ1v) is 9.07. The third kappa shape index (κ3) is 3.65. The maximum atomic E-state index is 12.5. The maximum Gasteiger partial charge on any atom is 0.345 e. The van der Waals surface area contributed by atoms with Crippen LogP contribution in [0.5, 0.6) is 11.5 Å². The van der Waals surface area contributed by atoms with Crippen LogP contribution >= 0.6 is 23.2 Å². The van der Waals surface area contributed by atoms with Crippen LogP contribution in [0.3, 0.4) is 0 Å². The predicted octanol–water partition coefficient (Wildman–Crippen LogP) is 5.83. The van der Waals surface area contributed by atoms with Gasteiger partial charge in [-0.2, -0.15) is 0 Å². The third-order valence-electron chi connectivity index (χ3n) is 4.11. The van der Waals surface area contributed by atoms with Crippen molar-refractivity contribution in [1.29, 1.82) is 0 Å². The summed E-state index contributed by atoms with van der Waals surface area (Å²) in [5.74, 6) is -0.0634. The molecular weight excluding hydrogens is 399 g/mol. The number of fused-ring (bicyclic) bond motifs is 1. The maximum absolute atomic E-state index is 12.5. The fourth-order valence-electron chi connectivity index (χ4n) is 2.73. The van der Waals surface area contributed by atoms with Crippen LogP contribution in [0.25, 0.3) is 6.08 Å². The molecule has 0 amide bonds. The first-order valence-electron chi connectivity index (χ1n) is 8.32. The number of Topliss-reactive ketones (excluding diaryl/α,β-unsaturated/α-hetero) is 1. The average molecular weight is 411 g/mol. The SMILES string of the molecule is O=C(Oc1ccc2c(c1)O/C(=C\c1ccc(Cl)cc1)C2=O)c1ccccc1Cl. The van der Waals surface area contributed by atoms with Crippen molar-refractivity contribution in [3.63, 3.8) is 0 Å². The molecule has 4 nitrogen and oxygen atoms in total. The molecule has 3 aromatic carbocycles. The van der Waals surface area contributed by atoms with Crippen molar-refractivity contribution < 1.29 is 19.1 Å². The molecule has 1 aliphatic rings. The second-order valence-electron chi connectivity index (χ2n) is 6.02. The number of hydrogen-bond donors (Lipinski definition) is 0. The van der Waals surface area contributed by atoms with Gasteiger partial charge in [0, 0.05) is 11.1 Å². The molecule has 0 fully saturated rings. The monoisotopic (exact) mass is 410 g/mol. The molecule has 4 rings (SSSR count). The molecule has 138 valence electrons. The lowest BCUT2D eigenvalue weighted by Gasteiger charge is -2.06. The van der Waals surface area contributed by atoms with E-state index in [0.717, 1.165) is 5.56 Å². The van der Waals surface area contributed by atoms with Crippen LogP contribution in [0.15, 0.2) is 72.5 Å². The Morgan fingerprint density at radius 3 is 2.46 bits per heavy atom. The number of carbonyl (C=O) groups excluding carboxylic acids is 2. The molecule has 3 aromatic rings. The summed E-state index contributed by atoms with van der Waals surface area (Å²) in [7, 11) is 0. The van der Waals surface area contributed by atoms with Gasteiger partial charge in [0.25, 0.3) is 0 Å². The highest BCUT2D eigenvalue weighted by Crippen LogP contribution is 2.35. The summed E-state index contributed by atoms with van der Waals surface area (Å²) in [6.45, 7) is 0. The Bertz CT molecular complexity index is 1120. The topological polar surface area (TPSA) is 52.6 Å². The van der Waals surface area contributed by atoms with Gasteiger partial charge in [0.1, 0.15) is 11.5 Å². The van der Waals surface area contributed by atoms with Crippen molar-refractivity contribution in [2.45, 2.75) is 0 Å². The molecule has 0 bridgehead atoms. The summed E-state index contributed by atoms with van der Waals surface area (Å²) in [6.07, 6.45) is 1.63. The van der Waals surface area contributed by atoms with Crippen LogP contribution in [0.4, 0.5) is 0 Å². The van der Waals surface area contributed by atoms with Gasteiger partial charge in [0.15, 0.2) is 5.76 Å². The second kappa shape index (κ2) is 7.50. The van der Waals surface area contributed by atoms with E-state index in [4.69, 9.17) is 32.7 Å². The minimum Gasteiger partial charge on any atom is -0.452 e. The number of rotatable bonds is 3. The zero-order valence-electron chi connectivity index (χ0n) is 14.3. The molecule has 0 aromatic heterocycles. The molecule has 0 aliphatic carbocycles. The lowest BCUT2D eigenvalue weighted by atomic mass is 10.1. The van der Waals surface area contributed by atoms with Crippen LogP contribution in [0.1, 0.15) is 26.3 Å². The van der Waals surface area contributed by atoms with Gasteiger partial charge in [0.2, 0.25) is 5.78 Å². The standard InChI is InChI=1S/C22H12Cl2O4/c23-14-7-5-13(6-8-14)11-20-21(25)17-10-9-15(12-19(17)28-20)27-22(26)16-3-1-2-4-18(16)24/h1-12H/b20-11-. The van der Waals surface area contributed by atoms with Crippen molar-refractivity contribution in [3.8, 4) is 11.5 Å². The Balaban J connectivity index is 1.56. The smallest absolute Gasteiger partial charge is 0.345 e. The quantitative estimate of drug-likeness (QED) is 0.309. The molecule has 0 unspecified atom stereocenters. The molecule has 0 N–H and O–H groups in total. The number of hydrogen-bond acceptors (Lipinski definition) is 4. The fraction of sp³-hybridized carbons (Fsp3) is 0. The largest absolute Gasteiger partial charge is 0.452 e. The highest BCUT2D eigenvalue weighted by molar-refractivity contribution is 6.33. The molecule has 0 spiro atoms. The second-order valence-corrected chi connectivity index (χ2v) is 6.86. The number of benzene rings is 3. The van der Waals surface area contributed by atoms with Crippen molar-refractivity contribution in [2.24, 2.45) is 0 Å². The van der Waals surface area contributed by atoms with E-state index in [1.54, 1.807) is 66.7 Å². The van der Waals surface area contributed by atoms with Gasteiger partial charge < -0.3 is 9.47 Å². The predicted molar refractivity (Wildman–Crippen MR) is 107 cm³/mol. The van der Waals surface area contributed by atoms with Crippen molar-refractivity contribution >= 4 is 41.0 Å². The van der Waals surface area contributed by atoms with Crippen molar-refractivity contribution in [3.05, 3.63) is 99.2 Å². The van der Waals surface area contributed by atoms with E-state index in [-0.39, 0.29) is 22.9 Å². The number of carbonyl (C=O) groups is 2. The average Bonchev–Trinajstić information content (AvgIpc) is 2.99. The van der Waals surface area contributed by atoms with Crippen molar-refractivity contribution in [2.75, 3.05) is 0 Å². The van der Waals surface area contributed by atoms with Gasteiger partial charge in [-0.3, -0.25) is 4.79 Å². The lowest BCUT2D eigenvalue weighted by Crippen LogP contribution is -2.09. The van der Waals surface area contributed by atoms with Gasteiger partial charge in [0.05, 0.1) is 16.1 Å². The van der Waals surface area contributed by atoms with Crippen LogP contribution < -0.4 is 9.47 Å². The van der Waals surface area contributed by atoms with Crippen LogP contribution in [0.2, 0.25) is 10.0 Å². The van der Waals surface area contributed by atoms with Crippen LogP contribution in [-0.2, 0) is 0 Å². The Kier molecular flexibility index (Phi) is 4.90. The number of ketones is 1. The molecule has 0 saturated heterocycles. The van der Waals surface area contributed by atoms with E-state index < -0.39 is 5.97 Å². The summed E-state index contributed by atoms with van der Waals surface area (Å²) in [5, 5.41) is 0.905. The highest BCUT2D eigenvalue weighted by Gasteiger charge is 2.28. The zero-order chi connectivity index (χ0) is 19.7. The molecular formula is C22H12Cl2O4. The van der Waals surface area contributed by atoms with Gasteiger partial charge in [-0.05, 0) is 48.0 Å². The number of ether oxygens (including phenoxy) is 2. The van der Waals surface area contributed by atoms with E-state index >= 15 is 0 Å². The Hall–Kier alpha value is -3.08. The van der Waals surface area contributed by atoms with E-state index in [2.05, 4.69) is 0 Å². The van der Waals surface area contributed by atoms with Crippen LogP contribution in [-0.4, -0.2) is 11.8 Å². The molecule has 1 aliphatic heterocycles. The minimum atomic E-state index is -0.591. The van der Waals surface area contributed by atoms with E-state index in [0.29, 0.717) is 21.4 Å². The number of esters is 1. The Morgan fingerprint density at radius 1 is 0.964 bits per heavy atom. The van der Waals surface area contributed by atoms with E-state index in [9.17, 15) is 9.59 Å². The van der Waals surface area contributed by atoms with Crippen LogP contribution in [0, 0.1) is 0 Å². The first-order chi connectivity index (χ1) is 13.5. The summed E-state index contributed by atoms with van der Waals surface area (Å²) in [4.78, 5) is 24.8. The summed E-state index contributed by atoms with van der Waals surface area (Å²) < 4.78 is 11.0. The molecule has 6 heteroatoms. The van der Waals surface area contributed by atoms with Gasteiger partial charge in [-0.25, -0.2) is 4.79 Å². The summed E-state index contributed by atoms with van der Waals surface area (Å²) >= 11 is 11.9. The lowest BCUT2D eigenvalue weighted by molar-refractivity contribution is 0.0734. The normalized spacial score (nSPS) is 13.9. The van der Waals surface area contributed by atoms with Crippen molar-refractivity contribution in [1.82, 2.24) is 0 Å². The minimum absolute atomic E-state index is 0.187. The number of halogens is 2. The third-order valence-corrected chi connectivity index (χ3v) is 4.70. The summed E-state index contributed by atoms with van der Waals surface area (Å²) in [5.41, 5.74) is 1.44. The van der Waals surface area contributed by atoms with Gasteiger partial charge >= 0.3 is 5.97 Å². The fourth-order valence-corrected chi connectivity index (χ4v) is 3.07. The highest BCUT2D eigenvalue weighted by atomic mass is 35.5. The van der Waals surface area contributed by atoms with E-state index in [1.807, 2.05) is 0 Å².